The van der Waals surface area contributed by atoms with Gasteiger partial charge in [-0.15, -0.1) is 0 Å². The maximum Gasteiger partial charge on any atom is 0.231 e. The summed E-state index contributed by atoms with van der Waals surface area (Å²) in [5.41, 5.74) is 0. The molecule has 0 spiro atoms. The number of aromatic nitrogens is 3. The van der Waals surface area contributed by atoms with Gasteiger partial charge in [-0.05, 0) is 25.4 Å². The zero-order valence-corrected chi connectivity index (χ0v) is 14.0. The summed E-state index contributed by atoms with van der Waals surface area (Å²) in [5, 5.41) is 0.216. The molecule has 0 saturated carbocycles. The van der Waals surface area contributed by atoms with E-state index in [4.69, 9.17) is 21.1 Å². The Kier molecular flexibility index (Phi) is 4.65. The summed E-state index contributed by atoms with van der Waals surface area (Å²) in [7, 11) is 1.95. The van der Waals surface area contributed by atoms with E-state index < -0.39 is 0 Å². The topological polar surface area (TPSA) is 63.6 Å². The second-order valence-electron chi connectivity index (χ2n) is 6.01. The van der Waals surface area contributed by atoms with Crippen molar-refractivity contribution in [2.75, 3.05) is 43.2 Å². The van der Waals surface area contributed by atoms with E-state index in [0.29, 0.717) is 31.2 Å². The monoisotopic (exact) mass is 327 g/mol. The number of nitrogens with zero attached hydrogens (tertiary/aromatic N) is 5. The van der Waals surface area contributed by atoms with Crippen LogP contribution < -0.4 is 9.80 Å². The second kappa shape index (κ2) is 6.52. The highest BCUT2D eigenvalue weighted by Gasteiger charge is 2.28. The number of anilines is 2. The molecule has 2 saturated heterocycles. The van der Waals surface area contributed by atoms with E-state index in [0.717, 1.165) is 19.5 Å². The Bertz CT molecular complexity index is 526. The fourth-order valence-electron chi connectivity index (χ4n) is 2.85. The fraction of sp³-hybridized carbons (Fsp3) is 0.786. The molecule has 2 aliphatic heterocycles. The Morgan fingerprint density at radius 1 is 1.32 bits per heavy atom. The van der Waals surface area contributed by atoms with E-state index in [1.54, 1.807) is 0 Å². The van der Waals surface area contributed by atoms with Crippen LogP contribution in [0.5, 0.6) is 0 Å². The highest BCUT2D eigenvalue weighted by Crippen LogP contribution is 2.23. The summed E-state index contributed by atoms with van der Waals surface area (Å²) in [4.78, 5) is 17.2. The molecule has 122 valence electrons. The standard InChI is InChI=1S/C14H22ClN5O2/c1-9-8-21-5-4-20(9)14-17-12(15)16-13(18-14)19(3)7-11-6-10(2)22-11/h9-11H,4-8H2,1-3H3/t9-,10?,11?/m1/s1. The van der Waals surface area contributed by atoms with Gasteiger partial charge in [-0.2, -0.15) is 15.0 Å². The number of halogens is 1. The average Bonchev–Trinajstić information content (AvgIpc) is 2.45. The maximum atomic E-state index is 6.09. The third-order valence-electron chi connectivity index (χ3n) is 4.05. The van der Waals surface area contributed by atoms with Crippen molar-refractivity contribution in [1.82, 2.24) is 15.0 Å². The molecular weight excluding hydrogens is 306 g/mol. The molecule has 0 radical (unpaired) electrons. The Labute approximate surface area is 135 Å². The van der Waals surface area contributed by atoms with Crippen LogP contribution in [0, 0.1) is 0 Å². The van der Waals surface area contributed by atoms with E-state index in [-0.39, 0.29) is 17.4 Å². The second-order valence-corrected chi connectivity index (χ2v) is 6.34. The first-order chi connectivity index (χ1) is 10.5. The number of hydrogen-bond acceptors (Lipinski definition) is 7. The molecule has 7 nitrogen and oxygen atoms in total. The third kappa shape index (κ3) is 3.42. The van der Waals surface area contributed by atoms with Gasteiger partial charge < -0.3 is 19.3 Å². The molecule has 1 aromatic rings. The first-order valence-corrected chi connectivity index (χ1v) is 8.03. The summed E-state index contributed by atoms with van der Waals surface area (Å²) in [6.45, 7) is 7.02. The lowest BCUT2D eigenvalue weighted by molar-refractivity contribution is -0.107. The predicted molar refractivity (Wildman–Crippen MR) is 84.7 cm³/mol. The van der Waals surface area contributed by atoms with E-state index in [1.807, 2.05) is 11.9 Å². The number of rotatable bonds is 4. The Morgan fingerprint density at radius 3 is 2.77 bits per heavy atom. The third-order valence-corrected chi connectivity index (χ3v) is 4.22. The lowest BCUT2D eigenvalue weighted by Crippen LogP contribution is -2.45. The molecule has 1 aromatic heterocycles. The first-order valence-electron chi connectivity index (χ1n) is 7.65. The molecular formula is C14H22ClN5O2. The van der Waals surface area contributed by atoms with Crippen LogP contribution in [-0.4, -0.2) is 66.6 Å². The summed E-state index contributed by atoms with van der Waals surface area (Å²) < 4.78 is 11.1. The van der Waals surface area contributed by atoms with Gasteiger partial charge in [-0.25, -0.2) is 0 Å². The normalized spacial score (nSPS) is 28.4. The van der Waals surface area contributed by atoms with Crippen LogP contribution in [-0.2, 0) is 9.47 Å². The molecule has 3 atom stereocenters. The zero-order valence-electron chi connectivity index (χ0n) is 13.2. The average molecular weight is 328 g/mol. The smallest absolute Gasteiger partial charge is 0.231 e. The van der Waals surface area contributed by atoms with Gasteiger partial charge >= 0.3 is 0 Å². The SMILES string of the molecule is CC1CC(CN(C)c2nc(Cl)nc(N3CCOC[C@H]3C)n2)O1. The number of likely N-dealkylation sites (N-methyl/N-ethyl adjacent to an activating group) is 1. The van der Waals surface area contributed by atoms with E-state index in [2.05, 4.69) is 33.7 Å². The molecule has 0 amide bonds. The summed E-state index contributed by atoms with van der Waals surface area (Å²) in [5.74, 6) is 1.19. The molecule has 0 aromatic carbocycles. The molecule has 2 aliphatic rings. The number of morpholine rings is 1. The largest absolute Gasteiger partial charge is 0.377 e. The quantitative estimate of drug-likeness (QED) is 0.827. The van der Waals surface area contributed by atoms with E-state index in [9.17, 15) is 0 Å². The highest BCUT2D eigenvalue weighted by atomic mass is 35.5. The predicted octanol–water partition coefficient (Wildman–Crippen LogP) is 1.36. The van der Waals surface area contributed by atoms with Gasteiger partial charge in [0.15, 0.2) is 0 Å². The molecule has 2 fully saturated rings. The lowest BCUT2D eigenvalue weighted by atomic mass is 10.1. The van der Waals surface area contributed by atoms with Crippen molar-refractivity contribution in [2.24, 2.45) is 0 Å². The number of hydrogen-bond donors (Lipinski definition) is 0. The summed E-state index contributed by atoms with van der Waals surface area (Å²) >= 11 is 6.09. The van der Waals surface area contributed by atoms with Crippen molar-refractivity contribution in [3.63, 3.8) is 0 Å². The van der Waals surface area contributed by atoms with Crippen LogP contribution in [0.25, 0.3) is 0 Å². The van der Waals surface area contributed by atoms with Crippen LogP contribution in [0.15, 0.2) is 0 Å². The van der Waals surface area contributed by atoms with Crippen molar-refractivity contribution in [3.8, 4) is 0 Å². The van der Waals surface area contributed by atoms with Crippen LogP contribution in [0.1, 0.15) is 20.3 Å². The van der Waals surface area contributed by atoms with Gasteiger partial charge in [0.1, 0.15) is 0 Å². The summed E-state index contributed by atoms with van der Waals surface area (Å²) in [6, 6.07) is 0.223. The van der Waals surface area contributed by atoms with Gasteiger partial charge in [-0.1, -0.05) is 0 Å². The van der Waals surface area contributed by atoms with Gasteiger partial charge in [0, 0.05) is 26.6 Å². The minimum atomic E-state index is 0.216. The molecule has 8 heteroatoms. The van der Waals surface area contributed by atoms with Crippen LogP contribution >= 0.6 is 11.6 Å². The Hall–Kier alpha value is -1.18. The van der Waals surface area contributed by atoms with Crippen LogP contribution in [0.3, 0.4) is 0 Å². The molecule has 22 heavy (non-hydrogen) atoms. The molecule has 0 aliphatic carbocycles. The minimum Gasteiger partial charge on any atom is -0.377 e. The summed E-state index contributed by atoms with van der Waals surface area (Å²) in [6.07, 6.45) is 1.66. The minimum absolute atomic E-state index is 0.216. The van der Waals surface area contributed by atoms with Gasteiger partial charge in [-0.3, -0.25) is 0 Å². The fourth-order valence-corrected chi connectivity index (χ4v) is 3.00. The van der Waals surface area contributed by atoms with Gasteiger partial charge in [0.25, 0.3) is 0 Å². The highest BCUT2D eigenvalue weighted by molar-refractivity contribution is 6.28. The molecule has 2 unspecified atom stereocenters. The molecule has 3 rings (SSSR count). The van der Waals surface area contributed by atoms with E-state index in [1.165, 1.54) is 0 Å². The first kappa shape index (κ1) is 15.7. The van der Waals surface area contributed by atoms with E-state index >= 15 is 0 Å². The van der Waals surface area contributed by atoms with Crippen LogP contribution in [0.2, 0.25) is 5.28 Å². The molecule has 0 bridgehead atoms. The molecule has 0 N–H and O–H groups in total. The van der Waals surface area contributed by atoms with Gasteiger partial charge in [0.2, 0.25) is 17.2 Å². The molecule has 3 heterocycles. The lowest BCUT2D eigenvalue weighted by Gasteiger charge is -2.36. The van der Waals surface area contributed by atoms with Gasteiger partial charge in [0.05, 0.1) is 31.5 Å². The van der Waals surface area contributed by atoms with Crippen LogP contribution in [0.4, 0.5) is 11.9 Å². The zero-order chi connectivity index (χ0) is 15.7. The Morgan fingerprint density at radius 2 is 2.09 bits per heavy atom. The van der Waals surface area contributed by atoms with Crippen molar-refractivity contribution >= 4 is 23.5 Å². The van der Waals surface area contributed by atoms with Crippen molar-refractivity contribution in [2.45, 2.75) is 38.5 Å². The van der Waals surface area contributed by atoms with Crippen molar-refractivity contribution < 1.29 is 9.47 Å². The Balaban J connectivity index is 1.74. The van der Waals surface area contributed by atoms with Crippen molar-refractivity contribution in [1.29, 1.82) is 0 Å². The maximum absolute atomic E-state index is 6.09. The number of ether oxygens (including phenoxy) is 2. The van der Waals surface area contributed by atoms with Crippen molar-refractivity contribution in [3.05, 3.63) is 5.28 Å².